The Kier molecular flexibility index (Phi) is 4.23. The summed E-state index contributed by atoms with van der Waals surface area (Å²) in [7, 11) is 0. The summed E-state index contributed by atoms with van der Waals surface area (Å²) in [5.41, 5.74) is 7.51. The highest BCUT2D eigenvalue weighted by atomic mass is 14.1. The highest BCUT2D eigenvalue weighted by Crippen LogP contribution is 2.36. The van der Waals surface area contributed by atoms with E-state index >= 15 is 0 Å². The molecule has 0 radical (unpaired) electrons. The summed E-state index contributed by atoms with van der Waals surface area (Å²) in [6, 6.07) is 43.3. The molecule has 5 aromatic carbocycles. The van der Waals surface area contributed by atoms with Crippen LogP contribution in [-0.2, 0) is 0 Å². The highest BCUT2D eigenvalue weighted by Gasteiger charge is 2.09. The zero-order valence-electron chi connectivity index (χ0n) is 15.5. The van der Waals surface area contributed by atoms with Crippen LogP contribution in [0.15, 0.2) is 121 Å². The second kappa shape index (κ2) is 7.17. The van der Waals surface area contributed by atoms with Crippen LogP contribution in [-0.4, -0.2) is 0 Å². The van der Waals surface area contributed by atoms with Crippen molar-refractivity contribution in [3.63, 3.8) is 0 Å². The van der Waals surface area contributed by atoms with E-state index in [1.165, 1.54) is 44.2 Å². The standard InChI is InChI=1S/C28H20/c1-4-10-21(11-5-1)24-16-17-25-18-26(22-12-6-2-7-13-22)20-27(28(25)19-24)23-14-8-3-9-15-23/h1-20H. The van der Waals surface area contributed by atoms with Gasteiger partial charge in [0.2, 0.25) is 0 Å². The predicted molar refractivity (Wildman–Crippen MR) is 120 cm³/mol. The van der Waals surface area contributed by atoms with Crippen LogP contribution in [0.3, 0.4) is 0 Å². The number of hydrogen-bond acceptors (Lipinski definition) is 0. The van der Waals surface area contributed by atoms with Gasteiger partial charge in [-0.3, -0.25) is 0 Å². The Hall–Kier alpha value is -3.64. The summed E-state index contributed by atoms with van der Waals surface area (Å²) in [6.07, 6.45) is 0. The zero-order valence-corrected chi connectivity index (χ0v) is 15.5. The van der Waals surface area contributed by atoms with Crippen LogP contribution in [0.25, 0.3) is 44.2 Å². The van der Waals surface area contributed by atoms with Crippen LogP contribution in [0.2, 0.25) is 0 Å². The molecule has 5 rings (SSSR count). The fourth-order valence-electron chi connectivity index (χ4n) is 3.82. The third-order valence-electron chi connectivity index (χ3n) is 5.25. The molecule has 0 nitrogen and oxygen atoms in total. The normalized spacial score (nSPS) is 10.9. The Bertz CT molecular complexity index is 1220. The Labute approximate surface area is 165 Å². The largest absolute Gasteiger partial charge is 0.0622 e. The van der Waals surface area contributed by atoms with E-state index < -0.39 is 0 Å². The lowest BCUT2D eigenvalue weighted by Gasteiger charge is -2.13. The third-order valence-corrected chi connectivity index (χ3v) is 5.25. The summed E-state index contributed by atoms with van der Waals surface area (Å²) >= 11 is 0. The van der Waals surface area contributed by atoms with Gasteiger partial charge in [-0.05, 0) is 62.4 Å². The van der Waals surface area contributed by atoms with Gasteiger partial charge in [-0.25, -0.2) is 0 Å². The van der Waals surface area contributed by atoms with Crippen molar-refractivity contribution in [1.29, 1.82) is 0 Å². The van der Waals surface area contributed by atoms with E-state index in [1.807, 2.05) is 0 Å². The van der Waals surface area contributed by atoms with Crippen molar-refractivity contribution in [2.75, 3.05) is 0 Å². The van der Waals surface area contributed by atoms with Crippen molar-refractivity contribution < 1.29 is 0 Å². The molecule has 0 N–H and O–H groups in total. The number of hydrogen-bond donors (Lipinski definition) is 0. The lowest BCUT2D eigenvalue weighted by atomic mass is 9.91. The molecular formula is C28H20. The van der Waals surface area contributed by atoms with E-state index in [9.17, 15) is 0 Å². The SMILES string of the molecule is c1ccc(-c2cc(-c3ccccc3)c3cc(-c4ccccc4)ccc3c2)cc1. The van der Waals surface area contributed by atoms with Crippen molar-refractivity contribution in [2.45, 2.75) is 0 Å². The molecule has 0 saturated heterocycles. The molecule has 28 heavy (non-hydrogen) atoms. The van der Waals surface area contributed by atoms with Crippen molar-refractivity contribution in [3.8, 4) is 33.4 Å². The second-order valence-electron chi connectivity index (χ2n) is 7.06. The van der Waals surface area contributed by atoms with E-state index in [1.54, 1.807) is 0 Å². The average molecular weight is 356 g/mol. The van der Waals surface area contributed by atoms with Gasteiger partial charge in [-0.1, -0.05) is 103 Å². The molecule has 0 aliphatic carbocycles. The lowest BCUT2D eigenvalue weighted by Crippen LogP contribution is -1.87. The van der Waals surface area contributed by atoms with Gasteiger partial charge in [0.25, 0.3) is 0 Å². The van der Waals surface area contributed by atoms with Crippen LogP contribution in [0.1, 0.15) is 0 Å². The monoisotopic (exact) mass is 356 g/mol. The smallest absolute Gasteiger partial charge is 0.00988 e. The fraction of sp³-hybridized carbons (Fsp3) is 0. The van der Waals surface area contributed by atoms with Gasteiger partial charge in [0.1, 0.15) is 0 Å². The van der Waals surface area contributed by atoms with Gasteiger partial charge >= 0.3 is 0 Å². The third kappa shape index (κ3) is 3.10. The van der Waals surface area contributed by atoms with Gasteiger partial charge in [-0.15, -0.1) is 0 Å². The first-order valence-corrected chi connectivity index (χ1v) is 9.62. The quantitative estimate of drug-likeness (QED) is 0.309. The van der Waals surface area contributed by atoms with Gasteiger partial charge in [-0.2, -0.15) is 0 Å². The van der Waals surface area contributed by atoms with Gasteiger partial charge in [0, 0.05) is 0 Å². The number of benzene rings is 5. The summed E-state index contributed by atoms with van der Waals surface area (Å²) < 4.78 is 0. The van der Waals surface area contributed by atoms with Gasteiger partial charge in [0.05, 0.1) is 0 Å². The molecule has 0 aliphatic rings. The Morgan fingerprint density at radius 2 is 0.857 bits per heavy atom. The van der Waals surface area contributed by atoms with E-state index in [-0.39, 0.29) is 0 Å². The molecule has 0 atom stereocenters. The fourth-order valence-corrected chi connectivity index (χ4v) is 3.82. The Balaban J connectivity index is 1.78. The Morgan fingerprint density at radius 3 is 1.46 bits per heavy atom. The van der Waals surface area contributed by atoms with Gasteiger partial charge < -0.3 is 0 Å². The van der Waals surface area contributed by atoms with Crippen molar-refractivity contribution >= 4 is 10.8 Å². The molecular weight excluding hydrogens is 336 g/mol. The lowest BCUT2D eigenvalue weighted by molar-refractivity contribution is 1.60. The molecule has 0 spiro atoms. The molecule has 0 bridgehead atoms. The molecule has 0 unspecified atom stereocenters. The zero-order chi connectivity index (χ0) is 18.8. The average Bonchev–Trinajstić information content (AvgIpc) is 2.80. The molecule has 0 aliphatic heterocycles. The molecule has 0 amide bonds. The van der Waals surface area contributed by atoms with Crippen LogP contribution in [0.5, 0.6) is 0 Å². The first-order chi connectivity index (χ1) is 13.9. The summed E-state index contributed by atoms with van der Waals surface area (Å²) in [6.45, 7) is 0. The summed E-state index contributed by atoms with van der Waals surface area (Å²) in [5, 5.41) is 2.55. The summed E-state index contributed by atoms with van der Waals surface area (Å²) in [5.74, 6) is 0. The minimum atomic E-state index is 1.24. The molecule has 0 fully saturated rings. The van der Waals surface area contributed by atoms with Crippen molar-refractivity contribution in [2.24, 2.45) is 0 Å². The maximum absolute atomic E-state index is 2.32. The highest BCUT2D eigenvalue weighted by molar-refractivity contribution is 6.02. The molecule has 132 valence electrons. The van der Waals surface area contributed by atoms with Crippen molar-refractivity contribution in [3.05, 3.63) is 121 Å². The van der Waals surface area contributed by atoms with Crippen LogP contribution < -0.4 is 0 Å². The van der Waals surface area contributed by atoms with E-state index in [2.05, 4.69) is 121 Å². The number of rotatable bonds is 3. The van der Waals surface area contributed by atoms with Gasteiger partial charge in [0.15, 0.2) is 0 Å². The molecule has 0 heteroatoms. The first kappa shape index (κ1) is 16.5. The summed E-state index contributed by atoms with van der Waals surface area (Å²) in [4.78, 5) is 0. The van der Waals surface area contributed by atoms with Crippen molar-refractivity contribution in [1.82, 2.24) is 0 Å². The minimum absolute atomic E-state index is 1.24. The van der Waals surface area contributed by atoms with Crippen LogP contribution >= 0.6 is 0 Å². The molecule has 0 heterocycles. The molecule has 5 aromatic rings. The second-order valence-corrected chi connectivity index (χ2v) is 7.06. The maximum Gasteiger partial charge on any atom is -0.00988 e. The van der Waals surface area contributed by atoms with E-state index in [0.717, 1.165) is 0 Å². The Morgan fingerprint density at radius 1 is 0.321 bits per heavy atom. The van der Waals surface area contributed by atoms with Crippen LogP contribution in [0, 0.1) is 0 Å². The number of fused-ring (bicyclic) bond motifs is 1. The topological polar surface area (TPSA) is 0 Å². The minimum Gasteiger partial charge on any atom is -0.0622 e. The maximum atomic E-state index is 2.32. The molecule has 0 saturated carbocycles. The predicted octanol–water partition coefficient (Wildman–Crippen LogP) is 7.84. The first-order valence-electron chi connectivity index (χ1n) is 9.62. The van der Waals surface area contributed by atoms with E-state index in [0.29, 0.717) is 0 Å². The van der Waals surface area contributed by atoms with Crippen LogP contribution in [0.4, 0.5) is 0 Å². The van der Waals surface area contributed by atoms with E-state index in [4.69, 9.17) is 0 Å². The molecule has 0 aromatic heterocycles.